The first-order chi connectivity index (χ1) is 12.8. The molecule has 3 aromatic rings. The molecule has 0 aliphatic rings. The van der Waals surface area contributed by atoms with Crippen LogP contribution in [0.2, 0.25) is 0 Å². The second-order valence-electron chi connectivity index (χ2n) is 6.52. The van der Waals surface area contributed by atoms with Crippen LogP contribution in [-0.2, 0) is 12.0 Å². The highest BCUT2D eigenvalue weighted by Crippen LogP contribution is 2.35. The van der Waals surface area contributed by atoms with Gasteiger partial charge in [-0.1, -0.05) is 97.6 Å². The standard InChI is InChI=1S/C25H25N/c1-2-3-19-25(23-15-9-5-10-16-23,24-17-11-6-12-18-24)21-26-20-22-13-7-4-8-14-22/h3-18,26H,1,19-21H2. The van der Waals surface area contributed by atoms with Crippen molar-refractivity contribution in [3.8, 4) is 0 Å². The highest BCUT2D eigenvalue weighted by Gasteiger charge is 2.32. The largest absolute Gasteiger partial charge is 0.311 e. The summed E-state index contributed by atoms with van der Waals surface area (Å²) in [4.78, 5) is 0. The average molecular weight is 339 g/mol. The lowest BCUT2D eigenvalue weighted by molar-refractivity contribution is 0.467. The van der Waals surface area contributed by atoms with Crippen molar-refractivity contribution in [2.24, 2.45) is 0 Å². The van der Waals surface area contributed by atoms with E-state index in [0.717, 1.165) is 19.5 Å². The molecule has 0 saturated heterocycles. The average Bonchev–Trinajstić information content (AvgIpc) is 2.73. The Morgan fingerprint density at radius 1 is 0.769 bits per heavy atom. The zero-order valence-electron chi connectivity index (χ0n) is 15.1. The van der Waals surface area contributed by atoms with E-state index in [1.807, 2.05) is 6.08 Å². The Bertz CT molecular complexity index is 792. The van der Waals surface area contributed by atoms with Gasteiger partial charge in [-0.3, -0.25) is 0 Å². The lowest BCUT2D eigenvalue weighted by atomic mass is 9.72. The first kappa shape index (κ1) is 17.9. The Labute approximate surface area is 156 Å². The van der Waals surface area contributed by atoms with E-state index in [2.05, 4.69) is 109 Å². The molecule has 0 fully saturated rings. The maximum atomic E-state index is 3.78. The summed E-state index contributed by atoms with van der Waals surface area (Å²) < 4.78 is 0. The number of rotatable bonds is 8. The van der Waals surface area contributed by atoms with Crippen LogP contribution in [0.1, 0.15) is 23.1 Å². The van der Waals surface area contributed by atoms with Gasteiger partial charge in [-0.25, -0.2) is 0 Å². The predicted octanol–water partition coefficient (Wildman–Crippen LogP) is 5.49. The molecule has 3 rings (SSSR count). The van der Waals surface area contributed by atoms with Gasteiger partial charge in [-0.15, -0.1) is 5.73 Å². The zero-order valence-corrected chi connectivity index (χ0v) is 15.1. The molecular formula is C25H25N. The molecule has 0 aliphatic carbocycles. The van der Waals surface area contributed by atoms with Crippen LogP contribution in [0.5, 0.6) is 0 Å². The van der Waals surface area contributed by atoms with Crippen LogP contribution in [0.4, 0.5) is 0 Å². The predicted molar refractivity (Wildman–Crippen MR) is 110 cm³/mol. The summed E-state index contributed by atoms with van der Waals surface area (Å²) in [6.07, 6.45) is 2.90. The molecule has 26 heavy (non-hydrogen) atoms. The third kappa shape index (κ3) is 4.21. The van der Waals surface area contributed by atoms with E-state index in [1.165, 1.54) is 16.7 Å². The van der Waals surface area contributed by atoms with Crippen LogP contribution in [0.25, 0.3) is 0 Å². The van der Waals surface area contributed by atoms with Gasteiger partial charge in [-0.2, -0.15) is 0 Å². The van der Waals surface area contributed by atoms with Gasteiger partial charge in [-0.05, 0) is 29.2 Å². The normalized spacial score (nSPS) is 10.9. The summed E-state index contributed by atoms with van der Waals surface area (Å²) in [6.45, 7) is 5.47. The first-order valence-electron chi connectivity index (χ1n) is 9.05. The van der Waals surface area contributed by atoms with Crippen molar-refractivity contribution in [3.63, 3.8) is 0 Å². The molecule has 0 atom stereocenters. The SMILES string of the molecule is C=C=CCC(CNCc1ccccc1)(c1ccccc1)c1ccccc1. The molecule has 3 aromatic carbocycles. The molecule has 0 radical (unpaired) electrons. The maximum Gasteiger partial charge on any atom is 0.0367 e. The third-order valence-electron chi connectivity index (χ3n) is 4.85. The minimum absolute atomic E-state index is 0.151. The summed E-state index contributed by atoms with van der Waals surface area (Å²) in [7, 11) is 0. The van der Waals surface area contributed by atoms with Crippen LogP contribution < -0.4 is 5.32 Å². The van der Waals surface area contributed by atoms with Crippen LogP contribution in [0.15, 0.2) is 109 Å². The molecule has 0 spiro atoms. The Hall–Kier alpha value is -2.86. The van der Waals surface area contributed by atoms with Gasteiger partial charge in [0.1, 0.15) is 0 Å². The van der Waals surface area contributed by atoms with Crippen molar-refractivity contribution in [1.29, 1.82) is 0 Å². The molecule has 1 N–H and O–H groups in total. The van der Waals surface area contributed by atoms with Crippen molar-refractivity contribution in [2.45, 2.75) is 18.4 Å². The summed E-state index contributed by atoms with van der Waals surface area (Å²) in [6, 6.07) is 32.0. The van der Waals surface area contributed by atoms with E-state index < -0.39 is 0 Å². The highest BCUT2D eigenvalue weighted by molar-refractivity contribution is 5.41. The topological polar surface area (TPSA) is 12.0 Å². The van der Waals surface area contributed by atoms with Crippen molar-refractivity contribution in [1.82, 2.24) is 5.32 Å². The highest BCUT2D eigenvalue weighted by atomic mass is 14.9. The van der Waals surface area contributed by atoms with Gasteiger partial charge >= 0.3 is 0 Å². The lowest BCUT2D eigenvalue weighted by Crippen LogP contribution is -2.39. The molecule has 0 aromatic heterocycles. The summed E-state index contributed by atoms with van der Waals surface area (Å²) in [5.74, 6) is 0. The molecule has 1 nitrogen and oxygen atoms in total. The second kappa shape index (κ2) is 9.01. The Morgan fingerprint density at radius 2 is 1.27 bits per heavy atom. The Balaban J connectivity index is 1.94. The molecule has 130 valence electrons. The fraction of sp³-hybridized carbons (Fsp3) is 0.160. The lowest BCUT2D eigenvalue weighted by Gasteiger charge is -2.35. The number of hydrogen-bond donors (Lipinski definition) is 1. The van der Waals surface area contributed by atoms with E-state index in [1.54, 1.807) is 0 Å². The van der Waals surface area contributed by atoms with Gasteiger partial charge in [0.05, 0.1) is 0 Å². The molecule has 0 amide bonds. The van der Waals surface area contributed by atoms with Gasteiger partial charge < -0.3 is 5.32 Å². The molecule has 0 saturated carbocycles. The Morgan fingerprint density at radius 3 is 1.77 bits per heavy atom. The van der Waals surface area contributed by atoms with Crippen LogP contribution in [-0.4, -0.2) is 6.54 Å². The van der Waals surface area contributed by atoms with Gasteiger partial charge in [0.15, 0.2) is 0 Å². The fourth-order valence-corrected chi connectivity index (χ4v) is 3.46. The van der Waals surface area contributed by atoms with E-state index in [9.17, 15) is 0 Å². The minimum atomic E-state index is -0.151. The maximum absolute atomic E-state index is 3.78. The molecule has 0 heterocycles. The number of nitrogens with one attached hydrogen (secondary N) is 1. The van der Waals surface area contributed by atoms with Crippen molar-refractivity contribution in [2.75, 3.05) is 6.54 Å². The molecular weight excluding hydrogens is 314 g/mol. The third-order valence-corrected chi connectivity index (χ3v) is 4.85. The van der Waals surface area contributed by atoms with Crippen LogP contribution >= 0.6 is 0 Å². The van der Waals surface area contributed by atoms with Crippen LogP contribution in [0, 0.1) is 0 Å². The summed E-state index contributed by atoms with van der Waals surface area (Å²) >= 11 is 0. The van der Waals surface area contributed by atoms with E-state index in [-0.39, 0.29) is 5.41 Å². The van der Waals surface area contributed by atoms with E-state index >= 15 is 0 Å². The quantitative estimate of drug-likeness (QED) is 0.535. The molecule has 0 aliphatic heterocycles. The summed E-state index contributed by atoms with van der Waals surface area (Å²) in [5, 5.41) is 3.68. The molecule has 0 bridgehead atoms. The van der Waals surface area contributed by atoms with Gasteiger partial charge in [0.25, 0.3) is 0 Å². The number of benzene rings is 3. The Kier molecular flexibility index (Phi) is 6.22. The minimum Gasteiger partial charge on any atom is -0.311 e. The van der Waals surface area contributed by atoms with Crippen LogP contribution in [0.3, 0.4) is 0 Å². The number of allylic oxidation sites excluding steroid dienone is 1. The van der Waals surface area contributed by atoms with Gasteiger partial charge in [0.2, 0.25) is 0 Å². The van der Waals surface area contributed by atoms with E-state index in [4.69, 9.17) is 0 Å². The second-order valence-corrected chi connectivity index (χ2v) is 6.52. The van der Waals surface area contributed by atoms with E-state index in [0.29, 0.717) is 0 Å². The number of hydrogen-bond acceptors (Lipinski definition) is 1. The van der Waals surface area contributed by atoms with Gasteiger partial charge in [0, 0.05) is 18.5 Å². The molecule has 1 heteroatoms. The van der Waals surface area contributed by atoms with Crippen molar-refractivity contribution >= 4 is 0 Å². The fourth-order valence-electron chi connectivity index (χ4n) is 3.46. The summed E-state index contributed by atoms with van der Waals surface area (Å²) in [5.41, 5.74) is 6.72. The molecule has 0 unspecified atom stereocenters. The van der Waals surface area contributed by atoms with Crippen molar-refractivity contribution < 1.29 is 0 Å². The smallest absolute Gasteiger partial charge is 0.0367 e. The monoisotopic (exact) mass is 339 g/mol. The first-order valence-corrected chi connectivity index (χ1v) is 9.05. The van der Waals surface area contributed by atoms with Crippen molar-refractivity contribution in [3.05, 3.63) is 126 Å². The zero-order chi connectivity index (χ0) is 18.1.